The van der Waals surface area contributed by atoms with E-state index in [4.69, 9.17) is 5.11 Å². The van der Waals surface area contributed by atoms with Crippen LogP contribution in [-0.2, 0) is 4.79 Å². The molecule has 5 nitrogen and oxygen atoms in total. The van der Waals surface area contributed by atoms with E-state index >= 15 is 0 Å². The molecular formula is C14H22N2O3. The number of aliphatic hydroxyl groups is 1. The van der Waals surface area contributed by atoms with E-state index in [-0.39, 0.29) is 6.42 Å². The number of benzene rings is 1. The van der Waals surface area contributed by atoms with E-state index in [0.29, 0.717) is 6.54 Å². The fourth-order valence-corrected chi connectivity index (χ4v) is 1.80. The summed E-state index contributed by atoms with van der Waals surface area (Å²) in [6.07, 6.45) is -0.0911. The van der Waals surface area contributed by atoms with Gasteiger partial charge in [0.2, 0.25) is 0 Å². The Balaban J connectivity index is 2.09. The number of anilines is 1. The van der Waals surface area contributed by atoms with Gasteiger partial charge in [0.1, 0.15) is 0 Å². The van der Waals surface area contributed by atoms with Gasteiger partial charge in [0.15, 0.2) is 0 Å². The van der Waals surface area contributed by atoms with Crippen LogP contribution in [-0.4, -0.2) is 49.0 Å². The quantitative estimate of drug-likeness (QED) is 0.580. The van der Waals surface area contributed by atoms with Gasteiger partial charge in [-0.25, -0.2) is 0 Å². The summed E-state index contributed by atoms with van der Waals surface area (Å²) < 4.78 is 0. The zero-order valence-electron chi connectivity index (χ0n) is 11.2. The molecule has 0 heterocycles. The van der Waals surface area contributed by atoms with Crippen LogP contribution < -0.4 is 10.2 Å². The van der Waals surface area contributed by atoms with Gasteiger partial charge in [-0.15, -0.1) is 0 Å². The van der Waals surface area contributed by atoms with Crippen LogP contribution in [0.25, 0.3) is 0 Å². The number of hydrogen-bond acceptors (Lipinski definition) is 4. The van der Waals surface area contributed by atoms with Crippen LogP contribution in [0.4, 0.5) is 5.69 Å². The Kier molecular flexibility index (Phi) is 6.92. The van der Waals surface area contributed by atoms with Gasteiger partial charge in [-0.1, -0.05) is 18.2 Å². The monoisotopic (exact) mass is 266 g/mol. The first-order valence-electron chi connectivity index (χ1n) is 6.46. The predicted octanol–water partition coefficient (Wildman–Crippen LogP) is 0.938. The number of nitrogens with zero attached hydrogens (tertiary/aromatic N) is 1. The highest BCUT2D eigenvalue weighted by Gasteiger charge is 2.08. The van der Waals surface area contributed by atoms with Gasteiger partial charge in [-0.05, 0) is 25.1 Å². The number of carboxylic acids is 1. The third kappa shape index (κ3) is 6.79. The molecule has 19 heavy (non-hydrogen) atoms. The van der Waals surface area contributed by atoms with Gasteiger partial charge in [0.25, 0.3) is 0 Å². The molecule has 0 spiro atoms. The maximum absolute atomic E-state index is 10.4. The molecule has 1 rings (SSSR count). The molecule has 0 saturated carbocycles. The first-order chi connectivity index (χ1) is 9.09. The topological polar surface area (TPSA) is 72.8 Å². The van der Waals surface area contributed by atoms with Crippen molar-refractivity contribution in [2.75, 3.05) is 31.6 Å². The molecule has 1 aromatic carbocycles. The van der Waals surface area contributed by atoms with Crippen LogP contribution in [0.15, 0.2) is 30.3 Å². The van der Waals surface area contributed by atoms with Crippen molar-refractivity contribution in [1.29, 1.82) is 0 Å². The summed E-state index contributed by atoms with van der Waals surface area (Å²) >= 11 is 0. The van der Waals surface area contributed by atoms with Crippen molar-refractivity contribution in [3.05, 3.63) is 30.3 Å². The smallest absolute Gasteiger partial charge is 0.306 e. The van der Waals surface area contributed by atoms with E-state index in [0.717, 1.165) is 19.5 Å². The number of hydrogen-bond donors (Lipinski definition) is 3. The lowest BCUT2D eigenvalue weighted by Gasteiger charge is -2.19. The van der Waals surface area contributed by atoms with E-state index in [1.165, 1.54) is 5.69 Å². The highest BCUT2D eigenvalue weighted by molar-refractivity contribution is 5.67. The van der Waals surface area contributed by atoms with Crippen LogP contribution in [0.1, 0.15) is 12.8 Å². The number of aliphatic carboxylic acids is 1. The maximum atomic E-state index is 10.4. The maximum Gasteiger partial charge on any atom is 0.306 e. The van der Waals surface area contributed by atoms with Crippen molar-refractivity contribution in [3.63, 3.8) is 0 Å². The summed E-state index contributed by atoms with van der Waals surface area (Å²) in [4.78, 5) is 12.5. The lowest BCUT2D eigenvalue weighted by atomic mass is 10.2. The second kappa shape index (κ2) is 8.50. The minimum atomic E-state index is -0.974. The molecule has 0 aliphatic rings. The van der Waals surface area contributed by atoms with Gasteiger partial charge in [0.05, 0.1) is 12.5 Å². The van der Waals surface area contributed by atoms with Crippen molar-refractivity contribution in [2.24, 2.45) is 0 Å². The second-order valence-corrected chi connectivity index (χ2v) is 4.57. The van der Waals surface area contributed by atoms with E-state index in [1.54, 1.807) is 0 Å². The molecule has 0 aliphatic heterocycles. The van der Waals surface area contributed by atoms with E-state index < -0.39 is 12.1 Å². The van der Waals surface area contributed by atoms with Crippen molar-refractivity contribution in [2.45, 2.75) is 18.9 Å². The molecule has 1 aromatic rings. The highest BCUT2D eigenvalue weighted by atomic mass is 16.4. The molecule has 5 heteroatoms. The van der Waals surface area contributed by atoms with Crippen LogP contribution in [0, 0.1) is 0 Å². The average Bonchev–Trinajstić information content (AvgIpc) is 2.38. The molecule has 0 bridgehead atoms. The molecule has 106 valence electrons. The van der Waals surface area contributed by atoms with Crippen molar-refractivity contribution in [1.82, 2.24) is 5.32 Å². The average molecular weight is 266 g/mol. The molecule has 0 radical (unpaired) electrons. The van der Waals surface area contributed by atoms with E-state index in [2.05, 4.69) is 22.3 Å². The Bertz CT molecular complexity index is 370. The summed E-state index contributed by atoms with van der Waals surface area (Å²) in [7, 11) is 2.04. The summed E-state index contributed by atoms with van der Waals surface area (Å²) in [6, 6.07) is 10.1. The van der Waals surface area contributed by atoms with Gasteiger partial charge >= 0.3 is 5.97 Å². The Morgan fingerprint density at radius 3 is 2.68 bits per heavy atom. The number of nitrogens with one attached hydrogen (secondary N) is 1. The standard InChI is InChI=1S/C14H22N2O3/c1-16(12-6-3-2-4-7-12)9-5-8-15-11-13(17)10-14(18)19/h2-4,6-7,13,15,17H,5,8-11H2,1H3,(H,18,19). The fourth-order valence-electron chi connectivity index (χ4n) is 1.80. The Morgan fingerprint density at radius 2 is 2.05 bits per heavy atom. The lowest BCUT2D eigenvalue weighted by molar-refractivity contribution is -0.139. The third-order valence-electron chi connectivity index (χ3n) is 2.83. The molecular weight excluding hydrogens is 244 g/mol. The van der Waals surface area contributed by atoms with Gasteiger partial charge < -0.3 is 20.4 Å². The van der Waals surface area contributed by atoms with Crippen LogP contribution >= 0.6 is 0 Å². The SMILES string of the molecule is CN(CCCNCC(O)CC(=O)O)c1ccccc1. The molecule has 1 atom stereocenters. The molecule has 0 saturated heterocycles. The van der Waals surface area contributed by atoms with Gasteiger partial charge in [-0.3, -0.25) is 4.79 Å². The molecule has 1 unspecified atom stereocenters. The summed E-state index contributed by atoms with van der Waals surface area (Å²) in [6.45, 7) is 1.99. The summed E-state index contributed by atoms with van der Waals surface area (Å²) in [5.41, 5.74) is 1.17. The largest absolute Gasteiger partial charge is 0.481 e. The minimum Gasteiger partial charge on any atom is -0.481 e. The number of carbonyl (C=O) groups is 1. The van der Waals surface area contributed by atoms with Crippen molar-refractivity contribution < 1.29 is 15.0 Å². The Hall–Kier alpha value is -1.59. The molecule has 0 aromatic heterocycles. The summed E-state index contributed by atoms with van der Waals surface area (Å²) in [5.74, 6) is -0.974. The Morgan fingerprint density at radius 1 is 1.37 bits per heavy atom. The first kappa shape index (κ1) is 15.5. The number of carboxylic acid groups (broad SMARTS) is 1. The molecule has 0 amide bonds. The number of aliphatic hydroxyl groups excluding tert-OH is 1. The van der Waals surface area contributed by atoms with Gasteiger partial charge in [-0.2, -0.15) is 0 Å². The fraction of sp³-hybridized carbons (Fsp3) is 0.500. The Labute approximate surface area is 113 Å². The van der Waals surface area contributed by atoms with Crippen molar-refractivity contribution in [3.8, 4) is 0 Å². The van der Waals surface area contributed by atoms with Crippen LogP contribution in [0.3, 0.4) is 0 Å². The first-order valence-corrected chi connectivity index (χ1v) is 6.46. The second-order valence-electron chi connectivity index (χ2n) is 4.57. The van der Waals surface area contributed by atoms with Gasteiger partial charge in [0, 0.05) is 25.8 Å². The predicted molar refractivity (Wildman–Crippen MR) is 75.5 cm³/mol. The van der Waals surface area contributed by atoms with Crippen LogP contribution in [0.2, 0.25) is 0 Å². The minimum absolute atomic E-state index is 0.211. The normalized spacial score (nSPS) is 12.1. The number of para-hydroxylation sites is 1. The molecule has 0 fully saturated rings. The zero-order valence-corrected chi connectivity index (χ0v) is 11.2. The lowest BCUT2D eigenvalue weighted by Crippen LogP contribution is -2.31. The van der Waals surface area contributed by atoms with E-state index in [1.807, 2.05) is 25.2 Å². The molecule has 3 N–H and O–H groups in total. The third-order valence-corrected chi connectivity index (χ3v) is 2.83. The number of rotatable bonds is 9. The zero-order chi connectivity index (χ0) is 14.1. The highest BCUT2D eigenvalue weighted by Crippen LogP contribution is 2.10. The summed E-state index contributed by atoms with van der Waals surface area (Å²) in [5, 5.41) is 20.9. The van der Waals surface area contributed by atoms with Crippen molar-refractivity contribution >= 4 is 11.7 Å². The van der Waals surface area contributed by atoms with Crippen LogP contribution in [0.5, 0.6) is 0 Å². The molecule has 0 aliphatic carbocycles. The van der Waals surface area contributed by atoms with E-state index in [9.17, 15) is 9.90 Å².